The molecule has 6 heteroatoms. The predicted molar refractivity (Wildman–Crippen MR) is 83.3 cm³/mol. The van der Waals surface area contributed by atoms with Gasteiger partial charge >= 0.3 is 0 Å². The molecule has 0 aromatic heterocycles. The molecule has 0 bridgehead atoms. The number of hydrogen-bond acceptors (Lipinski definition) is 3. The van der Waals surface area contributed by atoms with Gasteiger partial charge in [0.2, 0.25) is 0 Å². The van der Waals surface area contributed by atoms with Crippen LogP contribution in [0.3, 0.4) is 0 Å². The molecular weight excluding hydrogens is 346 g/mol. The second kappa shape index (κ2) is 5.64. The average molecular weight is 361 g/mol. The Balaban J connectivity index is 1.73. The van der Waals surface area contributed by atoms with Gasteiger partial charge in [0.15, 0.2) is 5.17 Å². The van der Waals surface area contributed by atoms with Crippen LogP contribution in [0.5, 0.6) is 0 Å². The lowest BCUT2D eigenvalue weighted by Crippen LogP contribution is -2.30. The molecule has 0 unspecified atom stereocenters. The third-order valence-electron chi connectivity index (χ3n) is 3.99. The number of anilines is 1. The second-order valence-electron chi connectivity index (χ2n) is 5.49. The zero-order valence-electron chi connectivity index (χ0n) is 10.9. The minimum atomic E-state index is -0.602. The van der Waals surface area contributed by atoms with Crippen LogP contribution in [0.1, 0.15) is 25.7 Å². The first-order chi connectivity index (χ1) is 9.58. The Bertz CT molecular complexity index is 556. The molecule has 1 saturated carbocycles. The molecule has 2 nitrogen and oxygen atoms in total. The molecule has 1 aliphatic heterocycles. The molecule has 1 spiro atoms. The van der Waals surface area contributed by atoms with Crippen molar-refractivity contribution in [3.8, 4) is 0 Å². The third kappa shape index (κ3) is 2.86. The van der Waals surface area contributed by atoms with Gasteiger partial charge in [0.1, 0.15) is 11.6 Å². The van der Waals surface area contributed by atoms with Crippen molar-refractivity contribution in [1.29, 1.82) is 0 Å². The van der Waals surface area contributed by atoms with Gasteiger partial charge in [-0.3, -0.25) is 4.99 Å². The molecule has 20 heavy (non-hydrogen) atoms. The van der Waals surface area contributed by atoms with Gasteiger partial charge in [-0.25, -0.2) is 8.78 Å². The highest BCUT2D eigenvalue weighted by Crippen LogP contribution is 2.43. The van der Waals surface area contributed by atoms with Crippen molar-refractivity contribution in [1.82, 2.24) is 0 Å². The number of thioether (sulfide) groups is 1. The minimum Gasteiger partial charge on any atom is -0.333 e. The molecule has 1 aromatic rings. The van der Waals surface area contributed by atoms with Crippen molar-refractivity contribution >= 4 is 38.5 Å². The number of rotatable bonds is 1. The van der Waals surface area contributed by atoms with Crippen molar-refractivity contribution < 1.29 is 8.78 Å². The topological polar surface area (TPSA) is 24.4 Å². The van der Waals surface area contributed by atoms with Crippen molar-refractivity contribution in [2.45, 2.75) is 25.7 Å². The maximum atomic E-state index is 13.7. The average Bonchev–Trinajstić information content (AvgIpc) is 2.87. The lowest BCUT2D eigenvalue weighted by molar-refractivity contribution is 0.359. The molecule has 1 aromatic carbocycles. The van der Waals surface area contributed by atoms with E-state index in [2.05, 4.69) is 26.2 Å². The van der Waals surface area contributed by atoms with E-state index in [0.29, 0.717) is 5.41 Å². The summed E-state index contributed by atoms with van der Waals surface area (Å²) in [6.07, 6.45) is 5.07. The molecule has 3 rings (SSSR count). The van der Waals surface area contributed by atoms with Gasteiger partial charge in [-0.1, -0.05) is 24.6 Å². The fraction of sp³-hybridized carbons (Fsp3) is 0.500. The first-order valence-corrected chi connectivity index (χ1v) is 8.45. The largest absolute Gasteiger partial charge is 0.333 e. The molecule has 0 saturated heterocycles. The van der Waals surface area contributed by atoms with Crippen LogP contribution in [-0.4, -0.2) is 17.5 Å². The standard InChI is InChI=1S/C14H15BrF2N2S/c15-9-5-12(11(17)6-10(9)16)19-13-18-7-14(8-20-13)3-1-2-4-14/h5-6H,1-4,7-8H2,(H,18,19). The minimum absolute atomic E-state index is 0.245. The summed E-state index contributed by atoms with van der Waals surface area (Å²) in [5.41, 5.74) is 0.615. The molecule has 2 aliphatic rings. The summed E-state index contributed by atoms with van der Waals surface area (Å²) in [5.74, 6) is -0.172. The van der Waals surface area contributed by atoms with Crippen molar-refractivity contribution in [2.75, 3.05) is 17.6 Å². The third-order valence-corrected chi connectivity index (χ3v) is 5.86. The van der Waals surface area contributed by atoms with E-state index in [-0.39, 0.29) is 10.2 Å². The Morgan fingerprint density at radius 1 is 1.20 bits per heavy atom. The van der Waals surface area contributed by atoms with Crippen LogP contribution in [-0.2, 0) is 0 Å². The number of nitrogens with one attached hydrogen (secondary N) is 1. The summed E-state index contributed by atoms with van der Waals surface area (Å²) < 4.78 is 27.1. The highest BCUT2D eigenvalue weighted by molar-refractivity contribution is 9.10. The van der Waals surface area contributed by atoms with Gasteiger partial charge in [-0.05, 0) is 40.3 Å². The summed E-state index contributed by atoms with van der Waals surface area (Å²) in [5, 5.41) is 3.69. The zero-order chi connectivity index (χ0) is 14.2. The maximum absolute atomic E-state index is 13.7. The van der Waals surface area contributed by atoms with E-state index < -0.39 is 11.6 Å². The number of nitrogens with zero attached hydrogens (tertiary/aromatic N) is 1. The van der Waals surface area contributed by atoms with Crippen molar-refractivity contribution in [3.05, 3.63) is 28.2 Å². The van der Waals surface area contributed by atoms with Gasteiger partial charge < -0.3 is 5.32 Å². The summed E-state index contributed by atoms with van der Waals surface area (Å²) >= 11 is 4.70. The molecule has 0 amide bonds. The molecule has 108 valence electrons. The highest BCUT2D eigenvalue weighted by atomic mass is 79.9. The van der Waals surface area contributed by atoms with Crippen LogP contribution in [0.15, 0.2) is 21.6 Å². The van der Waals surface area contributed by atoms with E-state index in [1.54, 1.807) is 11.8 Å². The van der Waals surface area contributed by atoms with Crippen LogP contribution in [0.4, 0.5) is 14.5 Å². The Morgan fingerprint density at radius 3 is 2.60 bits per heavy atom. The van der Waals surface area contributed by atoms with Crippen LogP contribution >= 0.6 is 27.7 Å². The predicted octanol–water partition coefficient (Wildman–Crippen LogP) is 4.80. The Labute approximate surface area is 129 Å². The lowest BCUT2D eigenvalue weighted by atomic mass is 9.89. The van der Waals surface area contributed by atoms with Gasteiger partial charge in [0.25, 0.3) is 0 Å². The summed E-state index contributed by atoms with van der Waals surface area (Å²) in [4.78, 5) is 4.55. The van der Waals surface area contributed by atoms with Crippen molar-refractivity contribution in [2.24, 2.45) is 10.4 Å². The van der Waals surface area contributed by atoms with Crippen molar-refractivity contribution in [3.63, 3.8) is 0 Å². The monoisotopic (exact) mass is 360 g/mol. The first kappa shape index (κ1) is 14.3. The van der Waals surface area contributed by atoms with E-state index in [1.165, 1.54) is 31.7 Å². The molecular formula is C14H15BrF2N2S. The van der Waals surface area contributed by atoms with Crippen LogP contribution in [0.25, 0.3) is 0 Å². The molecule has 1 heterocycles. The summed E-state index contributed by atoms with van der Waals surface area (Å²) in [6, 6.07) is 2.28. The summed E-state index contributed by atoms with van der Waals surface area (Å²) in [7, 11) is 0. The number of halogens is 3. The van der Waals surface area contributed by atoms with Crippen LogP contribution < -0.4 is 5.32 Å². The molecule has 0 radical (unpaired) electrons. The molecule has 1 fully saturated rings. The maximum Gasteiger partial charge on any atom is 0.161 e. The molecule has 1 N–H and O–H groups in total. The van der Waals surface area contributed by atoms with Gasteiger partial charge in [-0.15, -0.1) is 0 Å². The van der Waals surface area contributed by atoms with E-state index in [1.807, 2.05) is 0 Å². The normalized spacial score (nSPS) is 21.1. The fourth-order valence-corrected chi connectivity index (χ4v) is 4.29. The van der Waals surface area contributed by atoms with Crippen LogP contribution in [0, 0.1) is 17.0 Å². The number of hydrogen-bond donors (Lipinski definition) is 1. The van der Waals surface area contributed by atoms with E-state index in [4.69, 9.17) is 0 Å². The summed E-state index contributed by atoms with van der Waals surface area (Å²) in [6.45, 7) is 0.812. The number of aliphatic imine (C=N–C) groups is 1. The van der Waals surface area contributed by atoms with Gasteiger partial charge in [-0.2, -0.15) is 0 Å². The lowest BCUT2D eigenvalue weighted by Gasteiger charge is -2.31. The van der Waals surface area contributed by atoms with E-state index in [9.17, 15) is 8.78 Å². The number of benzene rings is 1. The smallest absolute Gasteiger partial charge is 0.161 e. The quantitative estimate of drug-likeness (QED) is 0.727. The second-order valence-corrected chi connectivity index (χ2v) is 7.31. The van der Waals surface area contributed by atoms with Gasteiger partial charge in [0, 0.05) is 18.4 Å². The number of amidine groups is 1. The van der Waals surface area contributed by atoms with E-state index >= 15 is 0 Å². The Morgan fingerprint density at radius 2 is 1.95 bits per heavy atom. The Hall–Kier alpha value is -0.620. The fourth-order valence-electron chi connectivity index (χ4n) is 2.79. The zero-order valence-corrected chi connectivity index (χ0v) is 13.3. The van der Waals surface area contributed by atoms with E-state index in [0.717, 1.165) is 23.5 Å². The first-order valence-electron chi connectivity index (χ1n) is 6.67. The molecule has 1 aliphatic carbocycles. The van der Waals surface area contributed by atoms with Gasteiger partial charge in [0.05, 0.1) is 10.2 Å². The Kier molecular flexibility index (Phi) is 4.04. The SMILES string of the molecule is Fc1cc(F)c(NC2=NCC3(CCCC3)CS2)cc1Br. The molecule has 0 atom stereocenters. The van der Waals surface area contributed by atoms with Crippen LogP contribution in [0.2, 0.25) is 0 Å². The highest BCUT2D eigenvalue weighted by Gasteiger charge is 2.36.